The summed E-state index contributed by atoms with van der Waals surface area (Å²) in [6, 6.07) is 18.9. The van der Waals surface area contributed by atoms with Gasteiger partial charge >= 0.3 is 0 Å². The Morgan fingerprint density at radius 3 is 2.50 bits per heavy atom. The average Bonchev–Trinajstić information content (AvgIpc) is 2.59. The molecule has 0 fully saturated rings. The Balaban J connectivity index is 1.86. The molecule has 2 aromatic carbocycles. The van der Waals surface area contributed by atoms with Crippen molar-refractivity contribution in [2.45, 2.75) is 0 Å². The van der Waals surface area contributed by atoms with Gasteiger partial charge in [-0.3, -0.25) is 0 Å². The van der Waals surface area contributed by atoms with Gasteiger partial charge in [0.15, 0.2) is 5.75 Å². The van der Waals surface area contributed by atoms with Crippen molar-refractivity contribution < 1.29 is 9.47 Å². The molecule has 0 amide bonds. The molecule has 0 atom stereocenters. The lowest BCUT2D eigenvalue weighted by atomic mass is 10.2. The van der Waals surface area contributed by atoms with Crippen LogP contribution in [0.4, 0.5) is 5.69 Å². The number of hydrogen-bond acceptors (Lipinski definition) is 5. The van der Waals surface area contributed by atoms with Crippen LogP contribution in [0, 0.1) is 0 Å². The minimum atomic E-state index is 0.405. The van der Waals surface area contributed by atoms with Crippen molar-refractivity contribution in [3.63, 3.8) is 0 Å². The van der Waals surface area contributed by atoms with Crippen LogP contribution in [0.1, 0.15) is 0 Å². The zero-order valence-corrected chi connectivity index (χ0v) is 13.1. The van der Waals surface area contributed by atoms with Gasteiger partial charge in [0.1, 0.15) is 5.75 Å². The first kappa shape index (κ1) is 14.3. The maximum Gasteiger partial charge on any atom is 0.258 e. The second-order valence-electron chi connectivity index (χ2n) is 5.39. The van der Waals surface area contributed by atoms with E-state index < -0.39 is 0 Å². The summed E-state index contributed by atoms with van der Waals surface area (Å²) in [4.78, 5) is 9.17. The number of rotatable bonds is 3. The van der Waals surface area contributed by atoms with E-state index in [9.17, 15) is 0 Å². The minimum absolute atomic E-state index is 0.405. The van der Waals surface area contributed by atoms with Gasteiger partial charge in [-0.15, -0.1) is 0 Å². The van der Waals surface area contributed by atoms with Crippen molar-refractivity contribution in [3.05, 3.63) is 60.7 Å². The van der Waals surface area contributed by atoms with Gasteiger partial charge in [-0.1, -0.05) is 24.3 Å². The Labute approximate surface area is 138 Å². The average molecular weight is 317 g/mol. The van der Waals surface area contributed by atoms with E-state index in [0.29, 0.717) is 23.1 Å². The molecule has 2 aromatic heterocycles. The van der Waals surface area contributed by atoms with E-state index in [0.717, 1.165) is 21.9 Å². The van der Waals surface area contributed by atoms with Crippen molar-refractivity contribution in [2.24, 2.45) is 0 Å². The number of anilines is 1. The highest BCUT2D eigenvalue weighted by atomic mass is 16.5. The molecule has 5 heteroatoms. The molecule has 0 bridgehead atoms. The topological polar surface area (TPSA) is 70.3 Å². The minimum Gasteiger partial charge on any atom is -0.478 e. The normalized spacial score (nSPS) is 10.9. The van der Waals surface area contributed by atoms with Crippen molar-refractivity contribution in [1.29, 1.82) is 0 Å². The lowest BCUT2D eigenvalue weighted by Gasteiger charge is -2.11. The molecule has 4 rings (SSSR count). The van der Waals surface area contributed by atoms with Gasteiger partial charge in [-0.05, 0) is 24.3 Å². The van der Waals surface area contributed by atoms with E-state index in [2.05, 4.69) is 9.97 Å². The number of methoxy groups -OCH3 is 1. The lowest BCUT2D eigenvalue weighted by Crippen LogP contribution is -1.96. The van der Waals surface area contributed by atoms with Crippen LogP contribution < -0.4 is 15.2 Å². The third-order valence-electron chi connectivity index (χ3n) is 3.71. The highest BCUT2D eigenvalue weighted by Crippen LogP contribution is 2.33. The van der Waals surface area contributed by atoms with E-state index in [1.807, 2.05) is 48.5 Å². The number of aromatic nitrogens is 2. The van der Waals surface area contributed by atoms with Crippen LogP contribution in [0.3, 0.4) is 0 Å². The van der Waals surface area contributed by atoms with Crippen molar-refractivity contribution in [3.8, 4) is 17.4 Å². The first-order chi connectivity index (χ1) is 11.7. The van der Waals surface area contributed by atoms with E-state index in [-0.39, 0.29) is 0 Å². The second kappa shape index (κ2) is 5.70. The molecule has 2 N–H and O–H groups in total. The van der Waals surface area contributed by atoms with E-state index in [1.165, 1.54) is 0 Å². The van der Waals surface area contributed by atoms with Crippen LogP contribution in [-0.2, 0) is 0 Å². The molecule has 0 saturated heterocycles. The maximum absolute atomic E-state index is 5.89. The fraction of sp³-hybridized carbons (Fsp3) is 0.0526. The molecule has 0 saturated carbocycles. The second-order valence-corrected chi connectivity index (χ2v) is 5.39. The number of hydrogen-bond donors (Lipinski definition) is 1. The van der Waals surface area contributed by atoms with Crippen LogP contribution in [0.15, 0.2) is 60.7 Å². The summed E-state index contributed by atoms with van der Waals surface area (Å²) < 4.78 is 11.3. The molecule has 0 aliphatic rings. The molecule has 118 valence electrons. The third-order valence-corrected chi connectivity index (χ3v) is 3.71. The van der Waals surface area contributed by atoms with E-state index in [1.54, 1.807) is 19.2 Å². The number of nitrogens with two attached hydrogens (primary N) is 1. The summed E-state index contributed by atoms with van der Waals surface area (Å²) in [5.74, 6) is 1.52. The fourth-order valence-electron chi connectivity index (χ4n) is 2.59. The zero-order chi connectivity index (χ0) is 16.5. The standard InChI is InChI=1S/C19H15N3O2/c1-23-19-18(24-14-7-4-6-13(20)10-14)11-17-16(22-19)9-12-5-2-3-8-15(12)21-17/h2-11H,20H2,1H3. The van der Waals surface area contributed by atoms with Gasteiger partial charge in [0, 0.05) is 23.2 Å². The fourth-order valence-corrected chi connectivity index (χ4v) is 2.59. The largest absolute Gasteiger partial charge is 0.478 e. The number of ether oxygens (including phenoxy) is 2. The Hall–Kier alpha value is -3.34. The Kier molecular flexibility index (Phi) is 3.39. The first-order valence-electron chi connectivity index (χ1n) is 7.51. The smallest absolute Gasteiger partial charge is 0.258 e. The van der Waals surface area contributed by atoms with Gasteiger partial charge in [0.05, 0.1) is 23.7 Å². The molecular weight excluding hydrogens is 302 g/mol. The van der Waals surface area contributed by atoms with Crippen LogP contribution in [0.25, 0.3) is 21.9 Å². The van der Waals surface area contributed by atoms with Gasteiger partial charge in [0.25, 0.3) is 5.88 Å². The van der Waals surface area contributed by atoms with Crippen LogP contribution in [0.2, 0.25) is 0 Å². The number of para-hydroxylation sites is 1. The maximum atomic E-state index is 5.89. The molecular formula is C19H15N3O2. The van der Waals surface area contributed by atoms with Crippen LogP contribution in [-0.4, -0.2) is 17.1 Å². The van der Waals surface area contributed by atoms with Crippen LogP contribution in [0.5, 0.6) is 17.4 Å². The number of pyridine rings is 2. The first-order valence-corrected chi connectivity index (χ1v) is 7.51. The van der Waals surface area contributed by atoms with Crippen molar-refractivity contribution in [1.82, 2.24) is 9.97 Å². The summed E-state index contributed by atoms with van der Waals surface area (Å²) in [5, 5.41) is 1.03. The SMILES string of the molecule is COc1nc2cc3ccccc3nc2cc1Oc1cccc(N)c1. The lowest BCUT2D eigenvalue weighted by molar-refractivity contribution is 0.365. The molecule has 2 heterocycles. The highest BCUT2D eigenvalue weighted by Gasteiger charge is 2.12. The molecule has 5 nitrogen and oxygen atoms in total. The molecule has 0 spiro atoms. The summed E-state index contributed by atoms with van der Waals surface area (Å²) >= 11 is 0. The van der Waals surface area contributed by atoms with Gasteiger partial charge in [-0.2, -0.15) is 0 Å². The van der Waals surface area contributed by atoms with Crippen molar-refractivity contribution >= 4 is 27.6 Å². The molecule has 0 aliphatic heterocycles. The molecule has 0 unspecified atom stereocenters. The predicted molar refractivity (Wildman–Crippen MR) is 94.5 cm³/mol. The predicted octanol–water partition coefficient (Wildman–Crippen LogP) is 4.17. The Morgan fingerprint density at radius 2 is 1.67 bits per heavy atom. The van der Waals surface area contributed by atoms with Crippen molar-refractivity contribution in [2.75, 3.05) is 12.8 Å². The Bertz CT molecular complexity index is 1050. The highest BCUT2D eigenvalue weighted by molar-refractivity contribution is 5.91. The summed E-state index contributed by atoms with van der Waals surface area (Å²) in [5.41, 5.74) is 8.83. The van der Waals surface area contributed by atoms with Gasteiger partial charge in [0.2, 0.25) is 0 Å². The quantitative estimate of drug-likeness (QED) is 0.454. The third kappa shape index (κ3) is 2.56. The van der Waals surface area contributed by atoms with Gasteiger partial charge in [-0.25, -0.2) is 9.97 Å². The number of fused-ring (bicyclic) bond motifs is 2. The summed E-state index contributed by atoms with van der Waals surface area (Å²) in [6.45, 7) is 0. The number of benzene rings is 2. The van der Waals surface area contributed by atoms with E-state index in [4.69, 9.17) is 15.2 Å². The number of nitrogen functional groups attached to an aromatic ring is 1. The molecule has 24 heavy (non-hydrogen) atoms. The monoisotopic (exact) mass is 317 g/mol. The Morgan fingerprint density at radius 1 is 0.833 bits per heavy atom. The van der Waals surface area contributed by atoms with Gasteiger partial charge < -0.3 is 15.2 Å². The molecule has 0 aliphatic carbocycles. The summed E-state index contributed by atoms with van der Waals surface area (Å²) in [7, 11) is 1.56. The van der Waals surface area contributed by atoms with E-state index >= 15 is 0 Å². The number of nitrogens with zero attached hydrogens (tertiary/aromatic N) is 2. The summed E-state index contributed by atoms with van der Waals surface area (Å²) in [6.07, 6.45) is 0. The zero-order valence-electron chi connectivity index (χ0n) is 13.1. The molecule has 0 radical (unpaired) electrons. The van der Waals surface area contributed by atoms with Crippen LogP contribution >= 0.6 is 0 Å². The molecule has 4 aromatic rings.